The molecule has 0 atom stereocenters. The molecule has 2 aromatic heterocycles. The SMILES string of the molecule is CCOC(=O)c1c(N=Cc2c(O)[nH]c(=O)[nH]c2=O)sc2c1CCCCC2. The van der Waals surface area contributed by atoms with Crippen molar-refractivity contribution in [3.8, 4) is 5.88 Å². The van der Waals surface area contributed by atoms with E-state index in [0.29, 0.717) is 10.6 Å². The number of aliphatic imine (C=N–C) groups is 1. The highest BCUT2D eigenvalue weighted by Crippen LogP contribution is 2.39. The summed E-state index contributed by atoms with van der Waals surface area (Å²) in [5, 5.41) is 10.2. The second kappa shape index (κ2) is 7.69. The number of rotatable bonds is 4. The lowest BCUT2D eigenvalue weighted by Crippen LogP contribution is -2.24. The number of esters is 1. The quantitative estimate of drug-likeness (QED) is 0.427. The van der Waals surface area contributed by atoms with Gasteiger partial charge in [-0.3, -0.25) is 14.8 Å². The Balaban J connectivity index is 2.06. The van der Waals surface area contributed by atoms with Crippen molar-refractivity contribution < 1.29 is 14.6 Å². The summed E-state index contributed by atoms with van der Waals surface area (Å²) in [6.07, 6.45) is 5.99. The number of nitrogens with zero attached hydrogens (tertiary/aromatic N) is 1. The van der Waals surface area contributed by atoms with E-state index < -0.39 is 23.1 Å². The molecule has 0 saturated carbocycles. The molecular weight excluding hydrogens is 358 g/mol. The number of carbonyl (C=O) groups excluding carboxylic acids is 1. The van der Waals surface area contributed by atoms with Crippen LogP contribution < -0.4 is 11.2 Å². The van der Waals surface area contributed by atoms with Gasteiger partial charge < -0.3 is 9.84 Å². The van der Waals surface area contributed by atoms with Crippen LogP contribution in [0.1, 0.15) is 52.5 Å². The fraction of sp³-hybridized carbons (Fsp3) is 0.412. The van der Waals surface area contributed by atoms with Gasteiger partial charge in [-0.1, -0.05) is 6.42 Å². The molecule has 0 unspecified atom stereocenters. The standard InChI is InChI=1S/C17H19N3O5S/c1-2-25-16(23)12-9-6-4-3-5-7-11(9)26-15(12)18-8-10-13(21)19-17(24)20-14(10)22/h8H,2-7H2,1H3,(H3,19,20,21,22,24). The van der Waals surface area contributed by atoms with Crippen molar-refractivity contribution in [1.82, 2.24) is 9.97 Å². The molecule has 1 aliphatic rings. The number of aromatic nitrogens is 2. The predicted octanol–water partition coefficient (Wildman–Crippen LogP) is 2.03. The molecule has 0 aliphatic heterocycles. The summed E-state index contributed by atoms with van der Waals surface area (Å²) in [5.41, 5.74) is -0.337. The van der Waals surface area contributed by atoms with Crippen LogP contribution in [0.2, 0.25) is 0 Å². The van der Waals surface area contributed by atoms with Crippen LogP contribution in [-0.2, 0) is 17.6 Å². The Labute approximate surface area is 152 Å². The number of hydrogen-bond acceptors (Lipinski definition) is 7. The molecule has 9 heteroatoms. The van der Waals surface area contributed by atoms with Crippen LogP contribution in [0.5, 0.6) is 5.88 Å². The lowest BCUT2D eigenvalue weighted by Gasteiger charge is -2.05. The highest BCUT2D eigenvalue weighted by molar-refractivity contribution is 7.16. The zero-order valence-electron chi connectivity index (χ0n) is 14.3. The maximum Gasteiger partial charge on any atom is 0.341 e. The minimum Gasteiger partial charge on any atom is -0.494 e. The molecule has 2 aromatic rings. The normalized spacial score (nSPS) is 14.2. The number of aromatic hydroxyl groups is 1. The second-order valence-corrected chi connectivity index (χ2v) is 6.98. The first kappa shape index (κ1) is 18.1. The van der Waals surface area contributed by atoms with E-state index in [9.17, 15) is 19.5 Å². The third kappa shape index (κ3) is 3.62. The van der Waals surface area contributed by atoms with Crippen LogP contribution in [0, 0.1) is 0 Å². The van der Waals surface area contributed by atoms with Gasteiger partial charge in [-0.05, 0) is 38.2 Å². The summed E-state index contributed by atoms with van der Waals surface area (Å²) in [7, 11) is 0. The maximum absolute atomic E-state index is 12.4. The van der Waals surface area contributed by atoms with E-state index in [2.05, 4.69) is 9.98 Å². The molecule has 0 amide bonds. The van der Waals surface area contributed by atoms with Crippen molar-refractivity contribution in [2.24, 2.45) is 4.99 Å². The summed E-state index contributed by atoms with van der Waals surface area (Å²) < 4.78 is 5.18. The molecule has 3 N–H and O–H groups in total. The molecule has 0 radical (unpaired) electrons. The van der Waals surface area contributed by atoms with E-state index in [1.165, 1.54) is 11.3 Å². The van der Waals surface area contributed by atoms with Crippen molar-refractivity contribution in [2.75, 3.05) is 6.61 Å². The van der Waals surface area contributed by atoms with Gasteiger partial charge in [-0.2, -0.15) is 0 Å². The van der Waals surface area contributed by atoms with Gasteiger partial charge in [0.05, 0.1) is 12.2 Å². The average Bonchev–Trinajstić information content (AvgIpc) is 2.75. The van der Waals surface area contributed by atoms with E-state index in [0.717, 1.165) is 48.8 Å². The summed E-state index contributed by atoms with van der Waals surface area (Å²) in [6.45, 7) is 2.00. The number of carbonyl (C=O) groups is 1. The highest BCUT2D eigenvalue weighted by atomic mass is 32.1. The first-order chi connectivity index (χ1) is 12.5. The fourth-order valence-corrected chi connectivity index (χ4v) is 4.18. The predicted molar refractivity (Wildman–Crippen MR) is 98.1 cm³/mol. The Hall–Kier alpha value is -2.68. The Morgan fingerprint density at radius 1 is 1.27 bits per heavy atom. The van der Waals surface area contributed by atoms with Gasteiger partial charge >= 0.3 is 11.7 Å². The van der Waals surface area contributed by atoms with Crippen LogP contribution in [0.4, 0.5) is 5.00 Å². The number of aromatic amines is 2. The molecule has 0 spiro atoms. The van der Waals surface area contributed by atoms with E-state index in [1.54, 1.807) is 6.92 Å². The average molecular weight is 377 g/mol. The first-order valence-corrected chi connectivity index (χ1v) is 9.24. The molecule has 8 nitrogen and oxygen atoms in total. The van der Waals surface area contributed by atoms with E-state index in [1.807, 2.05) is 4.98 Å². The van der Waals surface area contributed by atoms with Crippen molar-refractivity contribution in [1.29, 1.82) is 0 Å². The Bertz CT molecular complexity index is 970. The van der Waals surface area contributed by atoms with Gasteiger partial charge in [0.2, 0.25) is 5.88 Å². The van der Waals surface area contributed by atoms with Crippen molar-refractivity contribution in [3.05, 3.63) is 42.4 Å². The minimum atomic E-state index is -0.806. The van der Waals surface area contributed by atoms with Crippen molar-refractivity contribution in [3.63, 3.8) is 0 Å². The number of H-pyrrole nitrogens is 2. The van der Waals surface area contributed by atoms with Gasteiger partial charge in [0.25, 0.3) is 5.56 Å². The fourth-order valence-electron chi connectivity index (χ4n) is 2.96. The molecule has 0 fully saturated rings. The third-order valence-corrected chi connectivity index (χ3v) is 5.35. The number of thiophene rings is 1. The van der Waals surface area contributed by atoms with Crippen LogP contribution in [-0.4, -0.2) is 33.9 Å². The lowest BCUT2D eigenvalue weighted by molar-refractivity contribution is 0.0526. The number of fused-ring (bicyclic) bond motifs is 1. The number of hydrogen-bond donors (Lipinski definition) is 3. The van der Waals surface area contributed by atoms with E-state index >= 15 is 0 Å². The van der Waals surface area contributed by atoms with E-state index in [-0.39, 0.29) is 12.2 Å². The number of nitrogens with one attached hydrogen (secondary N) is 2. The summed E-state index contributed by atoms with van der Waals surface area (Å²) in [5.74, 6) is -1.00. The van der Waals surface area contributed by atoms with Gasteiger partial charge in [0, 0.05) is 11.1 Å². The van der Waals surface area contributed by atoms with Crippen molar-refractivity contribution >= 4 is 28.5 Å². The Kier molecular flexibility index (Phi) is 5.36. The highest BCUT2D eigenvalue weighted by Gasteiger charge is 2.25. The molecule has 0 saturated heterocycles. The third-order valence-electron chi connectivity index (χ3n) is 4.15. The van der Waals surface area contributed by atoms with Gasteiger partial charge in [0.1, 0.15) is 10.6 Å². The molecular formula is C17H19N3O5S. The van der Waals surface area contributed by atoms with Crippen LogP contribution >= 0.6 is 11.3 Å². The zero-order valence-corrected chi connectivity index (χ0v) is 15.1. The summed E-state index contributed by atoms with van der Waals surface area (Å²) >= 11 is 1.40. The van der Waals surface area contributed by atoms with E-state index in [4.69, 9.17) is 4.74 Å². The molecule has 3 rings (SSSR count). The van der Waals surface area contributed by atoms with Gasteiger partial charge in [-0.25, -0.2) is 14.6 Å². The molecule has 1 aliphatic carbocycles. The van der Waals surface area contributed by atoms with Gasteiger partial charge in [0.15, 0.2) is 0 Å². The lowest BCUT2D eigenvalue weighted by atomic mass is 10.1. The molecule has 0 aromatic carbocycles. The smallest absolute Gasteiger partial charge is 0.341 e. The van der Waals surface area contributed by atoms with Crippen LogP contribution in [0.3, 0.4) is 0 Å². The minimum absolute atomic E-state index is 0.178. The maximum atomic E-state index is 12.4. The molecule has 138 valence electrons. The summed E-state index contributed by atoms with van der Waals surface area (Å²) in [6, 6.07) is 0. The first-order valence-electron chi connectivity index (χ1n) is 8.42. The zero-order chi connectivity index (χ0) is 18.7. The summed E-state index contributed by atoms with van der Waals surface area (Å²) in [4.78, 5) is 44.9. The largest absolute Gasteiger partial charge is 0.494 e. The Morgan fingerprint density at radius 3 is 2.77 bits per heavy atom. The molecule has 0 bridgehead atoms. The molecule has 26 heavy (non-hydrogen) atoms. The van der Waals surface area contributed by atoms with Crippen molar-refractivity contribution in [2.45, 2.75) is 39.0 Å². The second-order valence-electron chi connectivity index (χ2n) is 5.89. The monoisotopic (exact) mass is 377 g/mol. The number of ether oxygens (including phenoxy) is 1. The van der Waals surface area contributed by atoms with Crippen LogP contribution in [0.15, 0.2) is 14.6 Å². The van der Waals surface area contributed by atoms with Gasteiger partial charge in [-0.15, -0.1) is 11.3 Å². The number of aryl methyl sites for hydroxylation is 1. The Morgan fingerprint density at radius 2 is 2.04 bits per heavy atom. The van der Waals surface area contributed by atoms with Crippen LogP contribution in [0.25, 0.3) is 0 Å². The molecule has 2 heterocycles. The topological polar surface area (TPSA) is 125 Å².